The van der Waals surface area contributed by atoms with Gasteiger partial charge in [0.2, 0.25) is 0 Å². The molecule has 2 heteroatoms. The number of ketones is 1. The van der Waals surface area contributed by atoms with Crippen molar-refractivity contribution in [1.29, 1.82) is 0 Å². The van der Waals surface area contributed by atoms with Crippen LogP contribution in [0, 0.1) is 5.41 Å². The summed E-state index contributed by atoms with van der Waals surface area (Å²) >= 11 is 0. The molecule has 1 aromatic rings. The van der Waals surface area contributed by atoms with Crippen LogP contribution in [0.15, 0.2) is 29.8 Å². The van der Waals surface area contributed by atoms with Crippen LogP contribution >= 0.6 is 0 Å². The van der Waals surface area contributed by atoms with Crippen molar-refractivity contribution < 1.29 is 4.79 Å². The van der Waals surface area contributed by atoms with Crippen LogP contribution in [0.4, 0.5) is 0 Å². The zero-order chi connectivity index (χ0) is 18.1. The third-order valence-electron chi connectivity index (χ3n) is 5.33. The number of carbonyl (C=O) groups is 1. The Morgan fingerprint density at radius 2 is 1.71 bits per heavy atom. The van der Waals surface area contributed by atoms with E-state index in [2.05, 4.69) is 56.9 Å². The quantitative estimate of drug-likeness (QED) is 0.722. The lowest BCUT2D eigenvalue weighted by Crippen LogP contribution is -2.47. The topological polar surface area (TPSA) is 20.3 Å². The first-order chi connectivity index (χ1) is 11.3. The molecule has 0 bridgehead atoms. The number of hydrogen-bond acceptors (Lipinski definition) is 2. The number of nitrogens with zero attached hydrogens (tertiary/aromatic N) is 1. The van der Waals surface area contributed by atoms with Crippen LogP contribution in [0.3, 0.4) is 0 Å². The van der Waals surface area contributed by atoms with Crippen LogP contribution in [-0.4, -0.2) is 23.8 Å². The first kappa shape index (κ1) is 18.8. The van der Waals surface area contributed by atoms with Crippen LogP contribution in [0.1, 0.15) is 72.4 Å². The molecule has 0 atom stereocenters. The van der Waals surface area contributed by atoms with Gasteiger partial charge in [0, 0.05) is 36.1 Å². The van der Waals surface area contributed by atoms with E-state index in [9.17, 15) is 4.79 Å². The second-order valence-electron chi connectivity index (χ2n) is 7.99. The molecule has 0 saturated heterocycles. The Morgan fingerprint density at radius 1 is 1.08 bits per heavy atom. The van der Waals surface area contributed by atoms with E-state index in [0.717, 1.165) is 25.1 Å². The van der Waals surface area contributed by atoms with Crippen molar-refractivity contribution in [1.82, 2.24) is 4.90 Å². The molecule has 1 aromatic carbocycles. The summed E-state index contributed by atoms with van der Waals surface area (Å²) in [7, 11) is 0. The van der Waals surface area contributed by atoms with Crippen molar-refractivity contribution in [2.45, 2.75) is 66.7 Å². The van der Waals surface area contributed by atoms with Crippen LogP contribution in [0.25, 0.3) is 5.70 Å². The van der Waals surface area contributed by atoms with Gasteiger partial charge in [-0.05, 0) is 17.4 Å². The number of allylic oxidation sites excluding steroid dienone is 1. The summed E-state index contributed by atoms with van der Waals surface area (Å²) in [6, 6.07) is 8.64. The number of rotatable bonds is 2. The van der Waals surface area contributed by atoms with Gasteiger partial charge in [0.05, 0.1) is 5.70 Å². The lowest BCUT2D eigenvalue weighted by molar-refractivity contribution is -0.116. The van der Waals surface area contributed by atoms with Gasteiger partial charge in [-0.2, -0.15) is 0 Å². The van der Waals surface area contributed by atoms with Crippen molar-refractivity contribution >= 4 is 11.5 Å². The summed E-state index contributed by atoms with van der Waals surface area (Å²) in [5, 5.41) is 0. The molecule has 0 aromatic heterocycles. The Bertz CT molecular complexity index is 652. The molecule has 0 radical (unpaired) electrons. The van der Waals surface area contributed by atoms with Crippen molar-refractivity contribution in [3.05, 3.63) is 41.0 Å². The molecule has 132 valence electrons. The average Bonchev–Trinajstić information content (AvgIpc) is 2.56. The smallest absolute Gasteiger partial charge is 0.161 e. The van der Waals surface area contributed by atoms with E-state index in [-0.39, 0.29) is 10.8 Å². The molecule has 0 spiro atoms. The molecule has 3 rings (SSSR count). The molecule has 0 aliphatic carbocycles. The molecule has 0 saturated carbocycles. The number of carbonyl (C=O) groups excluding carboxylic acids is 1. The SMILES string of the molecule is CC.CCC(=O)C1=C2c3ccccc3C(C)(C)CN2CCC1(C)C. The van der Waals surface area contributed by atoms with E-state index in [1.807, 2.05) is 20.8 Å². The zero-order valence-corrected chi connectivity index (χ0v) is 16.5. The maximum atomic E-state index is 12.7. The molecule has 2 aliphatic rings. The Labute approximate surface area is 147 Å². The molecule has 0 unspecified atom stereocenters. The highest BCUT2D eigenvalue weighted by molar-refractivity contribution is 6.04. The monoisotopic (exact) mass is 327 g/mol. The third-order valence-corrected chi connectivity index (χ3v) is 5.33. The molecule has 2 aliphatic heterocycles. The van der Waals surface area contributed by atoms with Gasteiger partial charge >= 0.3 is 0 Å². The minimum atomic E-state index is -0.0342. The normalized spacial score (nSPS) is 20.5. The van der Waals surface area contributed by atoms with E-state index in [0.29, 0.717) is 12.2 Å². The highest BCUT2D eigenvalue weighted by Crippen LogP contribution is 2.48. The number of Topliss-reactive ketones (excluding diaryl/α,β-unsaturated/α-hetero) is 1. The molecule has 0 amide bonds. The molecule has 0 N–H and O–H groups in total. The second-order valence-corrected chi connectivity index (χ2v) is 7.99. The van der Waals surface area contributed by atoms with Gasteiger partial charge in [0.15, 0.2) is 5.78 Å². The summed E-state index contributed by atoms with van der Waals surface area (Å²) < 4.78 is 0. The van der Waals surface area contributed by atoms with Crippen LogP contribution in [-0.2, 0) is 10.2 Å². The third kappa shape index (κ3) is 3.03. The fourth-order valence-electron chi connectivity index (χ4n) is 4.12. The van der Waals surface area contributed by atoms with Gasteiger partial charge in [-0.25, -0.2) is 0 Å². The Morgan fingerprint density at radius 3 is 2.33 bits per heavy atom. The molecular formula is C22H33NO. The fourth-order valence-corrected chi connectivity index (χ4v) is 4.12. The van der Waals surface area contributed by atoms with E-state index >= 15 is 0 Å². The van der Waals surface area contributed by atoms with Gasteiger partial charge in [0.25, 0.3) is 0 Å². The van der Waals surface area contributed by atoms with E-state index in [4.69, 9.17) is 0 Å². The van der Waals surface area contributed by atoms with Crippen molar-refractivity contribution in [2.24, 2.45) is 5.41 Å². The fraction of sp³-hybridized carbons (Fsp3) is 0.591. The molecule has 2 nitrogen and oxygen atoms in total. The Balaban J connectivity index is 0.00000100. The van der Waals surface area contributed by atoms with E-state index in [1.54, 1.807) is 0 Å². The van der Waals surface area contributed by atoms with Gasteiger partial charge < -0.3 is 4.90 Å². The molecule has 0 fully saturated rings. The first-order valence-electron chi connectivity index (χ1n) is 9.41. The Hall–Kier alpha value is -1.57. The van der Waals surface area contributed by atoms with Crippen molar-refractivity contribution in [2.75, 3.05) is 13.1 Å². The largest absolute Gasteiger partial charge is 0.370 e. The van der Waals surface area contributed by atoms with E-state index < -0.39 is 0 Å². The summed E-state index contributed by atoms with van der Waals surface area (Å²) in [4.78, 5) is 15.2. The van der Waals surface area contributed by atoms with Crippen LogP contribution in [0.5, 0.6) is 0 Å². The van der Waals surface area contributed by atoms with Gasteiger partial charge in [-0.3, -0.25) is 4.79 Å². The van der Waals surface area contributed by atoms with Gasteiger partial charge in [-0.15, -0.1) is 0 Å². The van der Waals surface area contributed by atoms with Crippen molar-refractivity contribution in [3.63, 3.8) is 0 Å². The highest BCUT2D eigenvalue weighted by Gasteiger charge is 2.43. The maximum absolute atomic E-state index is 12.7. The summed E-state index contributed by atoms with van der Waals surface area (Å²) in [6.45, 7) is 17.1. The minimum absolute atomic E-state index is 0.0342. The first-order valence-corrected chi connectivity index (χ1v) is 9.41. The zero-order valence-electron chi connectivity index (χ0n) is 16.5. The predicted molar refractivity (Wildman–Crippen MR) is 103 cm³/mol. The van der Waals surface area contributed by atoms with Gasteiger partial charge in [0.1, 0.15) is 0 Å². The minimum Gasteiger partial charge on any atom is -0.370 e. The molecule has 2 heterocycles. The average molecular weight is 328 g/mol. The second kappa shape index (κ2) is 6.74. The lowest BCUT2D eigenvalue weighted by Gasteiger charge is -2.49. The van der Waals surface area contributed by atoms with Crippen molar-refractivity contribution in [3.8, 4) is 0 Å². The van der Waals surface area contributed by atoms with Crippen LogP contribution in [0.2, 0.25) is 0 Å². The number of hydrogen-bond donors (Lipinski definition) is 0. The lowest BCUT2D eigenvalue weighted by atomic mass is 9.69. The van der Waals surface area contributed by atoms with Crippen LogP contribution < -0.4 is 0 Å². The number of fused-ring (bicyclic) bond motifs is 3. The molecule has 24 heavy (non-hydrogen) atoms. The summed E-state index contributed by atoms with van der Waals surface area (Å²) in [5.41, 5.74) is 4.99. The summed E-state index contributed by atoms with van der Waals surface area (Å²) in [5.74, 6) is 0.305. The summed E-state index contributed by atoms with van der Waals surface area (Å²) in [6.07, 6.45) is 1.64. The number of benzene rings is 1. The van der Waals surface area contributed by atoms with E-state index in [1.165, 1.54) is 16.8 Å². The predicted octanol–water partition coefficient (Wildman–Crippen LogP) is 5.43. The Kier molecular flexibility index (Phi) is 5.27. The molecular weight excluding hydrogens is 294 g/mol. The highest BCUT2D eigenvalue weighted by atomic mass is 16.1. The standard InChI is InChI=1S/C20H27NO.C2H6/c1-6-16(22)17-18-14-9-7-8-10-15(14)20(4,5)13-21(18)12-11-19(17,2)3;1-2/h7-10H,6,11-13H2,1-5H3;1-2H3. The maximum Gasteiger partial charge on any atom is 0.161 e. The van der Waals surface area contributed by atoms with Gasteiger partial charge in [-0.1, -0.05) is 72.7 Å².